The summed E-state index contributed by atoms with van der Waals surface area (Å²) in [4.78, 5) is 27.5. The maximum absolute atomic E-state index is 12.8. The third-order valence-electron chi connectivity index (χ3n) is 3.34. The molecule has 11 heteroatoms. The molecule has 0 atom stereocenters. The average molecular weight is 411 g/mol. The van der Waals surface area contributed by atoms with E-state index in [0.29, 0.717) is 5.75 Å². The van der Waals surface area contributed by atoms with Crippen molar-refractivity contribution in [1.82, 2.24) is 15.0 Å². The van der Waals surface area contributed by atoms with Crippen LogP contribution in [0.15, 0.2) is 42.6 Å². The number of nitrogens with zero attached hydrogens (tertiary/aromatic N) is 1. The summed E-state index contributed by atoms with van der Waals surface area (Å²) in [7, 11) is -3.98. The molecular formula is C17H18FN3O6S. The number of sulfonamides is 1. The molecule has 28 heavy (non-hydrogen) atoms. The fraction of sp³-hybridized carbons (Fsp3) is 0.235. The molecule has 9 nitrogen and oxygen atoms in total. The van der Waals surface area contributed by atoms with Crippen molar-refractivity contribution < 1.29 is 32.2 Å². The molecule has 1 aromatic carbocycles. The second kappa shape index (κ2) is 9.76. The Morgan fingerprint density at radius 1 is 1.11 bits per heavy atom. The van der Waals surface area contributed by atoms with Crippen molar-refractivity contribution in [2.75, 3.05) is 25.5 Å². The second-order valence-electron chi connectivity index (χ2n) is 5.46. The zero-order valence-corrected chi connectivity index (χ0v) is 15.4. The van der Waals surface area contributed by atoms with Gasteiger partial charge >= 0.3 is 0 Å². The minimum absolute atomic E-state index is 0.0144. The molecule has 0 fully saturated rings. The van der Waals surface area contributed by atoms with Gasteiger partial charge in [0.2, 0.25) is 10.0 Å². The highest BCUT2D eigenvalue weighted by molar-refractivity contribution is 7.90. The number of carbonyl (C=O) groups excluding carboxylic acids is 2. The van der Waals surface area contributed by atoms with E-state index in [-0.39, 0.29) is 31.0 Å². The highest BCUT2D eigenvalue weighted by Gasteiger charge is 2.17. The largest absolute Gasteiger partial charge is 0.492 e. The highest BCUT2D eigenvalue weighted by Crippen LogP contribution is 2.11. The molecule has 0 saturated carbocycles. The molecule has 0 unspecified atom stereocenters. The molecule has 150 valence electrons. The van der Waals surface area contributed by atoms with Crippen molar-refractivity contribution in [2.45, 2.75) is 0 Å². The fourth-order valence-corrected chi connectivity index (χ4v) is 2.78. The van der Waals surface area contributed by atoms with Crippen LogP contribution in [-0.4, -0.2) is 55.8 Å². The van der Waals surface area contributed by atoms with Crippen LogP contribution in [0.1, 0.15) is 20.8 Å². The van der Waals surface area contributed by atoms with Crippen LogP contribution in [-0.2, 0) is 10.0 Å². The Labute approximate surface area is 160 Å². The molecular weight excluding hydrogens is 393 g/mol. The number of pyridine rings is 1. The Kier molecular flexibility index (Phi) is 7.41. The number of aromatic nitrogens is 1. The third kappa shape index (κ3) is 6.59. The Bertz CT molecular complexity index is 917. The van der Waals surface area contributed by atoms with Crippen molar-refractivity contribution >= 4 is 21.8 Å². The lowest BCUT2D eigenvalue weighted by Gasteiger charge is -2.09. The zero-order valence-electron chi connectivity index (χ0n) is 14.6. The van der Waals surface area contributed by atoms with Crippen LogP contribution in [0.3, 0.4) is 0 Å². The van der Waals surface area contributed by atoms with Crippen LogP contribution in [0.5, 0.6) is 5.75 Å². The third-order valence-corrected chi connectivity index (χ3v) is 4.54. The van der Waals surface area contributed by atoms with Gasteiger partial charge in [0.25, 0.3) is 11.8 Å². The highest BCUT2D eigenvalue weighted by atomic mass is 32.2. The standard InChI is InChI=1S/C17H18FN3O6S/c18-13-2-4-14(5-3-13)27-9-10-28(25,26)21-16(23)12-1-6-15(20-11-12)17(24)19-7-8-22/h1-6,11,22H,7-10H2,(H,19,24)(H,21,23). The molecule has 0 spiro atoms. The maximum atomic E-state index is 12.8. The number of aliphatic hydroxyl groups is 1. The summed E-state index contributed by atoms with van der Waals surface area (Å²) >= 11 is 0. The zero-order chi connectivity index (χ0) is 20.6. The van der Waals surface area contributed by atoms with Gasteiger partial charge in [0, 0.05) is 12.7 Å². The van der Waals surface area contributed by atoms with Crippen LogP contribution in [0.2, 0.25) is 0 Å². The lowest BCUT2D eigenvalue weighted by molar-refractivity contribution is 0.0936. The van der Waals surface area contributed by atoms with E-state index in [1.807, 2.05) is 4.72 Å². The lowest BCUT2D eigenvalue weighted by atomic mass is 10.2. The molecule has 0 aliphatic heterocycles. The molecule has 1 heterocycles. The lowest BCUT2D eigenvalue weighted by Crippen LogP contribution is -2.34. The number of aliphatic hydroxyl groups excluding tert-OH is 1. The van der Waals surface area contributed by atoms with Gasteiger partial charge in [-0.05, 0) is 36.4 Å². The van der Waals surface area contributed by atoms with Crippen LogP contribution in [0, 0.1) is 5.82 Å². The first kappa shape index (κ1) is 21.3. The Morgan fingerprint density at radius 2 is 1.82 bits per heavy atom. The minimum Gasteiger partial charge on any atom is -0.492 e. The smallest absolute Gasteiger partial charge is 0.269 e. The molecule has 2 amide bonds. The molecule has 0 bridgehead atoms. The quantitative estimate of drug-likeness (QED) is 0.532. The summed E-state index contributed by atoms with van der Waals surface area (Å²) in [5.41, 5.74) is -0.0395. The Hall–Kier alpha value is -3.05. The molecule has 0 radical (unpaired) electrons. The van der Waals surface area contributed by atoms with Crippen molar-refractivity contribution in [1.29, 1.82) is 0 Å². The van der Waals surface area contributed by atoms with E-state index in [2.05, 4.69) is 10.3 Å². The number of rotatable bonds is 9. The Balaban J connectivity index is 1.87. The number of halogens is 1. The number of benzene rings is 1. The molecule has 0 aliphatic rings. The van der Waals surface area contributed by atoms with E-state index in [1.165, 1.54) is 36.4 Å². The monoisotopic (exact) mass is 411 g/mol. The van der Waals surface area contributed by atoms with Crippen LogP contribution in [0.4, 0.5) is 4.39 Å². The molecule has 3 N–H and O–H groups in total. The van der Waals surface area contributed by atoms with Crippen LogP contribution >= 0.6 is 0 Å². The SMILES string of the molecule is O=C(NS(=O)(=O)CCOc1ccc(F)cc1)c1ccc(C(=O)NCCO)nc1. The number of hydrogen-bond donors (Lipinski definition) is 3. The molecule has 0 saturated heterocycles. The van der Waals surface area contributed by atoms with Gasteiger partial charge in [-0.2, -0.15) is 0 Å². The number of amides is 2. The van der Waals surface area contributed by atoms with Crippen molar-refractivity contribution in [3.8, 4) is 5.75 Å². The molecule has 1 aromatic heterocycles. The van der Waals surface area contributed by atoms with E-state index in [0.717, 1.165) is 6.20 Å². The van der Waals surface area contributed by atoms with Gasteiger partial charge in [0.15, 0.2) is 0 Å². The van der Waals surface area contributed by atoms with Gasteiger partial charge in [-0.25, -0.2) is 17.5 Å². The number of carbonyl (C=O) groups is 2. The summed E-state index contributed by atoms with van der Waals surface area (Å²) < 4.78 is 43.8. The summed E-state index contributed by atoms with van der Waals surface area (Å²) in [6.07, 6.45) is 1.06. The van der Waals surface area contributed by atoms with E-state index < -0.39 is 33.4 Å². The van der Waals surface area contributed by atoms with Gasteiger partial charge < -0.3 is 15.2 Å². The van der Waals surface area contributed by atoms with E-state index >= 15 is 0 Å². The summed E-state index contributed by atoms with van der Waals surface area (Å²) in [5.74, 6) is -2.09. The Morgan fingerprint density at radius 3 is 2.43 bits per heavy atom. The van der Waals surface area contributed by atoms with Gasteiger partial charge in [-0.1, -0.05) is 0 Å². The fourth-order valence-electron chi connectivity index (χ4n) is 1.97. The predicted molar refractivity (Wildman–Crippen MR) is 96.8 cm³/mol. The average Bonchev–Trinajstić information content (AvgIpc) is 2.67. The van der Waals surface area contributed by atoms with E-state index in [4.69, 9.17) is 9.84 Å². The van der Waals surface area contributed by atoms with Crippen LogP contribution in [0.25, 0.3) is 0 Å². The van der Waals surface area contributed by atoms with Gasteiger partial charge in [0.1, 0.15) is 29.6 Å². The van der Waals surface area contributed by atoms with E-state index in [1.54, 1.807) is 0 Å². The predicted octanol–water partition coefficient (Wildman–Crippen LogP) is 0.0814. The minimum atomic E-state index is -3.98. The first-order chi connectivity index (χ1) is 13.3. The van der Waals surface area contributed by atoms with Crippen molar-refractivity contribution in [3.05, 3.63) is 59.7 Å². The van der Waals surface area contributed by atoms with Crippen molar-refractivity contribution in [3.63, 3.8) is 0 Å². The van der Waals surface area contributed by atoms with Gasteiger partial charge in [0.05, 0.1) is 12.2 Å². The molecule has 2 rings (SSSR count). The second-order valence-corrected chi connectivity index (χ2v) is 7.31. The van der Waals surface area contributed by atoms with Gasteiger partial charge in [-0.15, -0.1) is 0 Å². The van der Waals surface area contributed by atoms with E-state index in [9.17, 15) is 22.4 Å². The summed E-state index contributed by atoms with van der Waals surface area (Å²) in [6, 6.07) is 7.56. The van der Waals surface area contributed by atoms with Crippen LogP contribution < -0.4 is 14.8 Å². The number of hydrogen-bond acceptors (Lipinski definition) is 7. The summed E-state index contributed by atoms with van der Waals surface area (Å²) in [6.45, 7) is -0.410. The first-order valence-corrected chi connectivity index (χ1v) is 9.74. The topological polar surface area (TPSA) is 135 Å². The number of ether oxygens (including phenoxy) is 1. The molecule has 2 aromatic rings. The van der Waals surface area contributed by atoms with Crippen molar-refractivity contribution in [2.24, 2.45) is 0 Å². The summed E-state index contributed by atoms with van der Waals surface area (Å²) in [5, 5.41) is 11.0. The first-order valence-electron chi connectivity index (χ1n) is 8.09. The maximum Gasteiger partial charge on any atom is 0.269 e. The number of nitrogens with one attached hydrogen (secondary N) is 2. The molecule has 0 aliphatic carbocycles. The van der Waals surface area contributed by atoms with Gasteiger partial charge in [-0.3, -0.25) is 14.6 Å². The normalized spacial score (nSPS) is 10.9.